The van der Waals surface area contributed by atoms with E-state index in [1.807, 2.05) is 0 Å². The Hall–Kier alpha value is -2.31. The third-order valence-corrected chi connectivity index (χ3v) is 5.34. The Morgan fingerprint density at radius 3 is 2.19 bits per heavy atom. The molecule has 6 nitrogen and oxygen atoms in total. The van der Waals surface area contributed by atoms with Crippen molar-refractivity contribution in [3.8, 4) is 11.5 Å². The minimum Gasteiger partial charge on any atom is -0.497 e. The van der Waals surface area contributed by atoms with Crippen molar-refractivity contribution in [1.29, 1.82) is 0 Å². The molecule has 2 saturated heterocycles. The van der Waals surface area contributed by atoms with Crippen molar-refractivity contribution >= 4 is 11.8 Å². The summed E-state index contributed by atoms with van der Waals surface area (Å²) in [6.07, 6.45) is 2.62. The van der Waals surface area contributed by atoms with E-state index in [4.69, 9.17) is 9.47 Å². The number of carbonyl (C=O) groups excluding carboxylic acids is 2. The predicted molar refractivity (Wildman–Crippen MR) is 98.7 cm³/mol. The number of benzene rings is 1. The predicted octanol–water partition coefficient (Wildman–Crippen LogP) is 2.20. The summed E-state index contributed by atoms with van der Waals surface area (Å²) in [5.74, 6) is 0.543. The largest absolute Gasteiger partial charge is 0.497 e. The van der Waals surface area contributed by atoms with Gasteiger partial charge in [-0.1, -0.05) is 0 Å². The van der Waals surface area contributed by atoms with Gasteiger partial charge in [-0.05, 0) is 43.4 Å². The molecule has 27 heavy (non-hydrogen) atoms. The van der Waals surface area contributed by atoms with Gasteiger partial charge in [-0.3, -0.25) is 9.59 Å². The second kappa shape index (κ2) is 8.15. The van der Waals surface area contributed by atoms with E-state index in [1.54, 1.807) is 37.3 Å². The van der Waals surface area contributed by atoms with Crippen molar-refractivity contribution in [3.63, 3.8) is 0 Å². The Morgan fingerprint density at radius 2 is 1.59 bits per heavy atom. The number of nitrogens with zero attached hydrogens (tertiary/aromatic N) is 2. The molecule has 3 rings (SSSR count). The maximum absolute atomic E-state index is 15.4. The third kappa shape index (κ3) is 4.34. The summed E-state index contributed by atoms with van der Waals surface area (Å²) in [5, 5.41) is 0. The average Bonchev–Trinajstić information content (AvgIpc) is 3.21. The zero-order valence-electron chi connectivity index (χ0n) is 16.0. The van der Waals surface area contributed by atoms with Crippen LogP contribution in [0.1, 0.15) is 31.2 Å². The topological polar surface area (TPSA) is 59.1 Å². The van der Waals surface area contributed by atoms with Crippen molar-refractivity contribution in [1.82, 2.24) is 9.80 Å². The van der Waals surface area contributed by atoms with Gasteiger partial charge in [0.2, 0.25) is 11.6 Å². The molecule has 0 aromatic heterocycles. The standard InChI is InChI=1S/C20H27FN2O4/c1-26-16-10-15(11-17(13-16)27-2)12-18(24)23-9-5-6-20(21,14-23)19(25)22-7-3-4-8-22/h10-11,13H,3-9,12,14H2,1-2H3. The number of rotatable bonds is 5. The number of methoxy groups -OCH3 is 2. The van der Waals surface area contributed by atoms with Crippen molar-refractivity contribution in [2.75, 3.05) is 40.4 Å². The van der Waals surface area contributed by atoms with Crippen LogP contribution < -0.4 is 9.47 Å². The molecule has 1 unspecified atom stereocenters. The molecule has 2 aliphatic rings. The SMILES string of the molecule is COc1cc(CC(=O)N2CCCC(F)(C(=O)N3CCCC3)C2)cc(OC)c1. The molecular formula is C20H27FN2O4. The van der Waals surface area contributed by atoms with Crippen molar-refractivity contribution in [3.05, 3.63) is 23.8 Å². The minimum absolute atomic E-state index is 0.113. The molecule has 148 valence electrons. The van der Waals surface area contributed by atoms with Crippen LogP contribution in [0.2, 0.25) is 0 Å². The zero-order valence-corrected chi connectivity index (χ0v) is 16.0. The first-order valence-corrected chi connectivity index (χ1v) is 9.43. The fourth-order valence-electron chi connectivity index (χ4n) is 3.86. The lowest BCUT2D eigenvalue weighted by Gasteiger charge is -2.38. The first-order chi connectivity index (χ1) is 12.9. The van der Waals surface area contributed by atoms with Crippen LogP contribution in [0.5, 0.6) is 11.5 Å². The lowest BCUT2D eigenvalue weighted by atomic mass is 9.92. The minimum atomic E-state index is -1.97. The highest BCUT2D eigenvalue weighted by atomic mass is 19.1. The van der Waals surface area contributed by atoms with Gasteiger partial charge in [0, 0.05) is 25.7 Å². The number of amides is 2. The number of piperidine rings is 1. The van der Waals surface area contributed by atoms with Crippen LogP contribution in [0.15, 0.2) is 18.2 Å². The number of carbonyl (C=O) groups is 2. The fourth-order valence-corrected chi connectivity index (χ4v) is 3.86. The van der Waals surface area contributed by atoms with E-state index in [0.29, 0.717) is 37.6 Å². The smallest absolute Gasteiger partial charge is 0.262 e. The third-order valence-electron chi connectivity index (χ3n) is 5.34. The summed E-state index contributed by atoms with van der Waals surface area (Å²) in [7, 11) is 3.10. The van der Waals surface area contributed by atoms with E-state index in [-0.39, 0.29) is 25.3 Å². The molecular weight excluding hydrogens is 351 g/mol. The van der Waals surface area contributed by atoms with Crippen LogP contribution in [-0.4, -0.2) is 67.7 Å². The average molecular weight is 378 g/mol. The molecule has 0 radical (unpaired) electrons. The highest BCUT2D eigenvalue weighted by Gasteiger charge is 2.46. The van der Waals surface area contributed by atoms with Gasteiger partial charge >= 0.3 is 0 Å². The summed E-state index contributed by atoms with van der Waals surface area (Å²) in [6.45, 7) is 1.53. The Balaban J connectivity index is 1.68. The van der Waals surface area contributed by atoms with Gasteiger partial charge in [-0.2, -0.15) is 0 Å². The number of hydrogen-bond acceptors (Lipinski definition) is 4. The van der Waals surface area contributed by atoms with E-state index >= 15 is 4.39 Å². The lowest BCUT2D eigenvalue weighted by Crippen LogP contribution is -2.56. The van der Waals surface area contributed by atoms with E-state index in [0.717, 1.165) is 18.4 Å². The van der Waals surface area contributed by atoms with Crippen molar-refractivity contribution in [2.45, 2.75) is 37.8 Å². The first-order valence-electron chi connectivity index (χ1n) is 9.43. The zero-order chi connectivity index (χ0) is 19.4. The molecule has 2 heterocycles. The second-order valence-corrected chi connectivity index (χ2v) is 7.28. The van der Waals surface area contributed by atoms with Crippen LogP contribution in [0.25, 0.3) is 0 Å². The molecule has 0 N–H and O–H groups in total. The highest BCUT2D eigenvalue weighted by molar-refractivity contribution is 5.87. The van der Waals surface area contributed by atoms with Crippen LogP contribution in [0.4, 0.5) is 4.39 Å². The van der Waals surface area contributed by atoms with Gasteiger partial charge in [0.15, 0.2) is 0 Å². The van der Waals surface area contributed by atoms with E-state index in [1.165, 1.54) is 4.90 Å². The van der Waals surface area contributed by atoms with Crippen LogP contribution >= 0.6 is 0 Å². The number of halogens is 1. The van der Waals surface area contributed by atoms with Gasteiger partial charge in [-0.25, -0.2) is 4.39 Å². The molecule has 2 aliphatic heterocycles. The number of alkyl halides is 1. The molecule has 2 fully saturated rings. The lowest BCUT2D eigenvalue weighted by molar-refractivity contribution is -0.150. The molecule has 1 aromatic carbocycles. The molecule has 1 atom stereocenters. The Bertz CT molecular complexity index is 683. The fraction of sp³-hybridized carbons (Fsp3) is 0.600. The Morgan fingerprint density at radius 1 is 1.00 bits per heavy atom. The normalized spacial score (nSPS) is 22.6. The number of ether oxygens (including phenoxy) is 2. The first kappa shape index (κ1) is 19.5. The maximum Gasteiger partial charge on any atom is 0.262 e. The summed E-state index contributed by atoms with van der Waals surface area (Å²) in [4.78, 5) is 28.4. The second-order valence-electron chi connectivity index (χ2n) is 7.28. The molecule has 0 saturated carbocycles. The molecule has 1 aromatic rings. The molecule has 0 spiro atoms. The monoisotopic (exact) mass is 378 g/mol. The summed E-state index contributed by atoms with van der Waals surface area (Å²) >= 11 is 0. The number of likely N-dealkylation sites (tertiary alicyclic amines) is 2. The van der Waals surface area contributed by atoms with Gasteiger partial charge in [0.05, 0.1) is 27.2 Å². The number of hydrogen-bond donors (Lipinski definition) is 0. The van der Waals surface area contributed by atoms with Gasteiger partial charge in [-0.15, -0.1) is 0 Å². The maximum atomic E-state index is 15.4. The van der Waals surface area contributed by atoms with Crippen molar-refractivity contribution < 1.29 is 23.5 Å². The molecule has 2 amide bonds. The quantitative estimate of drug-likeness (QED) is 0.788. The van der Waals surface area contributed by atoms with E-state index in [2.05, 4.69) is 0 Å². The molecule has 7 heteroatoms. The molecule has 0 bridgehead atoms. The summed E-state index contributed by atoms with van der Waals surface area (Å²) in [6, 6.07) is 5.26. The van der Waals surface area contributed by atoms with Crippen LogP contribution in [0.3, 0.4) is 0 Å². The van der Waals surface area contributed by atoms with Crippen LogP contribution in [-0.2, 0) is 16.0 Å². The van der Waals surface area contributed by atoms with E-state index < -0.39 is 11.6 Å². The van der Waals surface area contributed by atoms with Crippen LogP contribution in [0, 0.1) is 0 Å². The van der Waals surface area contributed by atoms with Crippen molar-refractivity contribution in [2.24, 2.45) is 0 Å². The summed E-state index contributed by atoms with van der Waals surface area (Å²) in [5.41, 5.74) is -1.23. The van der Waals surface area contributed by atoms with Gasteiger partial charge < -0.3 is 19.3 Å². The summed E-state index contributed by atoms with van der Waals surface area (Å²) < 4.78 is 25.8. The van der Waals surface area contributed by atoms with E-state index in [9.17, 15) is 9.59 Å². The van der Waals surface area contributed by atoms with Gasteiger partial charge in [0.1, 0.15) is 11.5 Å². The Labute approximate surface area is 159 Å². The highest BCUT2D eigenvalue weighted by Crippen LogP contribution is 2.30. The Kier molecular flexibility index (Phi) is 5.87. The molecule has 0 aliphatic carbocycles. The van der Waals surface area contributed by atoms with Gasteiger partial charge in [0.25, 0.3) is 5.91 Å².